The number of rotatable bonds is 7. The number of pyridine rings is 1. The van der Waals surface area contributed by atoms with Gasteiger partial charge in [-0.25, -0.2) is 9.78 Å². The molecule has 3 aromatic rings. The Hall–Kier alpha value is -4.02. The normalized spacial score (nSPS) is 13.5. The molecule has 2 aromatic heterocycles. The average Bonchev–Trinajstić information content (AvgIpc) is 3.37. The number of aromatic nitrogens is 3. The number of carbonyl (C=O) groups is 1. The number of methoxy groups -OCH3 is 3. The predicted octanol–water partition coefficient (Wildman–Crippen LogP) is 3.07. The van der Waals surface area contributed by atoms with E-state index in [2.05, 4.69) is 25.3 Å². The maximum atomic E-state index is 12.8. The first-order chi connectivity index (χ1) is 16.6. The van der Waals surface area contributed by atoms with Crippen LogP contribution in [-0.4, -0.2) is 73.6 Å². The highest BCUT2D eigenvalue weighted by molar-refractivity contribution is 5.90. The Bertz CT molecular complexity index is 1100. The minimum absolute atomic E-state index is 0.193. The summed E-state index contributed by atoms with van der Waals surface area (Å²) >= 11 is 0. The molecule has 180 valence electrons. The van der Waals surface area contributed by atoms with Gasteiger partial charge in [0, 0.05) is 56.5 Å². The molecular formula is C23H28N6O5. The molecule has 3 heterocycles. The summed E-state index contributed by atoms with van der Waals surface area (Å²) < 4.78 is 21.2. The first-order valence-electron chi connectivity index (χ1n) is 11.0. The molecular weight excluding hydrogens is 440 g/mol. The Kier molecular flexibility index (Phi) is 7.00. The highest BCUT2D eigenvalue weighted by atomic mass is 16.5. The maximum Gasteiger partial charge on any atom is 0.321 e. The fourth-order valence-corrected chi connectivity index (χ4v) is 3.72. The third-order valence-electron chi connectivity index (χ3n) is 5.58. The summed E-state index contributed by atoms with van der Waals surface area (Å²) in [5, 5.41) is 6.89. The van der Waals surface area contributed by atoms with Crippen LogP contribution in [0.5, 0.6) is 17.2 Å². The van der Waals surface area contributed by atoms with Crippen molar-refractivity contribution in [1.29, 1.82) is 0 Å². The summed E-state index contributed by atoms with van der Waals surface area (Å²) in [6, 6.07) is 7.07. The Morgan fingerprint density at radius 1 is 1.06 bits per heavy atom. The summed E-state index contributed by atoms with van der Waals surface area (Å²) in [6.07, 6.45) is 2.43. The van der Waals surface area contributed by atoms with Gasteiger partial charge in [0.05, 0.1) is 27.0 Å². The highest BCUT2D eigenvalue weighted by Gasteiger charge is 2.23. The molecule has 4 rings (SSSR count). The predicted molar refractivity (Wildman–Crippen MR) is 126 cm³/mol. The van der Waals surface area contributed by atoms with E-state index in [1.165, 1.54) is 21.3 Å². The van der Waals surface area contributed by atoms with Crippen LogP contribution in [0.15, 0.2) is 35.0 Å². The SMILES string of the molecule is CCc1nc(-c2ccc(N3CCN(C(=O)Nc4cc(OC)c(OC)c(OC)c4)CC3)nc2)no1. The number of aryl methyl sites for hydroxylation is 1. The van der Waals surface area contributed by atoms with Crippen molar-refractivity contribution in [1.82, 2.24) is 20.0 Å². The first-order valence-corrected chi connectivity index (χ1v) is 11.0. The van der Waals surface area contributed by atoms with Crippen LogP contribution < -0.4 is 24.4 Å². The standard InChI is InChI=1S/C23H28N6O5/c1-5-20-26-22(27-34-20)15-6-7-19(24-14-15)28-8-10-29(11-9-28)23(30)25-16-12-17(31-2)21(33-4)18(13-16)32-3/h6-7,12-14H,5,8-11H2,1-4H3,(H,25,30). The van der Waals surface area contributed by atoms with Gasteiger partial charge in [-0.3, -0.25) is 0 Å². The molecule has 11 heteroatoms. The third kappa shape index (κ3) is 4.82. The van der Waals surface area contributed by atoms with Crippen molar-refractivity contribution in [2.24, 2.45) is 0 Å². The molecule has 1 fully saturated rings. The van der Waals surface area contributed by atoms with Crippen molar-refractivity contribution in [2.75, 3.05) is 57.7 Å². The van der Waals surface area contributed by atoms with E-state index in [-0.39, 0.29) is 6.03 Å². The van der Waals surface area contributed by atoms with Gasteiger partial charge in [0.25, 0.3) is 0 Å². The Balaban J connectivity index is 1.36. The molecule has 0 radical (unpaired) electrons. The molecule has 2 amide bonds. The quantitative estimate of drug-likeness (QED) is 0.558. The number of anilines is 2. The van der Waals surface area contributed by atoms with Crippen molar-refractivity contribution < 1.29 is 23.5 Å². The Labute approximate surface area is 197 Å². The second kappa shape index (κ2) is 10.3. The van der Waals surface area contributed by atoms with E-state index < -0.39 is 0 Å². The zero-order valence-corrected chi connectivity index (χ0v) is 19.7. The largest absolute Gasteiger partial charge is 0.493 e. The zero-order chi connectivity index (χ0) is 24.1. The van der Waals surface area contributed by atoms with Gasteiger partial charge < -0.3 is 33.9 Å². The fourth-order valence-electron chi connectivity index (χ4n) is 3.72. The van der Waals surface area contributed by atoms with E-state index >= 15 is 0 Å². The van der Waals surface area contributed by atoms with Crippen molar-refractivity contribution in [3.05, 3.63) is 36.4 Å². The molecule has 1 N–H and O–H groups in total. The van der Waals surface area contributed by atoms with E-state index in [4.69, 9.17) is 18.7 Å². The number of hydrogen-bond donors (Lipinski definition) is 1. The van der Waals surface area contributed by atoms with Crippen LogP contribution in [0.4, 0.5) is 16.3 Å². The molecule has 11 nitrogen and oxygen atoms in total. The van der Waals surface area contributed by atoms with Crippen molar-refractivity contribution >= 4 is 17.5 Å². The molecule has 1 aromatic carbocycles. The number of ether oxygens (including phenoxy) is 3. The number of nitrogens with zero attached hydrogens (tertiary/aromatic N) is 5. The molecule has 0 aliphatic carbocycles. The summed E-state index contributed by atoms with van der Waals surface area (Å²) in [7, 11) is 4.61. The van der Waals surface area contributed by atoms with Gasteiger partial charge >= 0.3 is 6.03 Å². The van der Waals surface area contributed by atoms with Crippen LogP contribution in [0.1, 0.15) is 12.8 Å². The monoisotopic (exact) mass is 468 g/mol. The highest BCUT2D eigenvalue weighted by Crippen LogP contribution is 2.40. The molecule has 0 bridgehead atoms. The third-order valence-corrected chi connectivity index (χ3v) is 5.58. The van der Waals surface area contributed by atoms with Crippen molar-refractivity contribution in [3.8, 4) is 28.6 Å². The molecule has 1 aliphatic rings. The van der Waals surface area contributed by atoms with Crippen molar-refractivity contribution in [2.45, 2.75) is 13.3 Å². The fraction of sp³-hybridized carbons (Fsp3) is 0.391. The second-order valence-corrected chi connectivity index (χ2v) is 7.59. The van der Waals surface area contributed by atoms with Crippen LogP contribution in [-0.2, 0) is 6.42 Å². The minimum atomic E-state index is -0.193. The summed E-state index contributed by atoms with van der Waals surface area (Å²) in [4.78, 5) is 25.6. The van der Waals surface area contributed by atoms with Gasteiger partial charge in [0.2, 0.25) is 17.5 Å². The molecule has 0 unspecified atom stereocenters. The average molecular weight is 469 g/mol. The van der Waals surface area contributed by atoms with Gasteiger partial charge in [-0.1, -0.05) is 12.1 Å². The lowest BCUT2D eigenvalue weighted by Gasteiger charge is -2.35. The Morgan fingerprint density at radius 2 is 1.76 bits per heavy atom. The summed E-state index contributed by atoms with van der Waals surface area (Å²) in [6.45, 7) is 4.41. The van der Waals surface area contributed by atoms with Gasteiger partial charge in [-0.2, -0.15) is 4.98 Å². The lowest BCUT2D eigenvalue weighted by Crippen LogP contribution is -2.50. The van der Waals surface area contributed by atoms with Crippen LogP contribution in [0.25, 0.3) is 11.4 Å². The maximum absolute atomic E-state index is 12.8. The molecule has 0 spiro atoms. The molecule has 0 saturated carbocycles. The zero-order valence-electron chi connectivity index (χ0n) is 19.7. The van der Waals surface area contributed by atoms with Gasteiger partial charge in [-0.05, 0) is 12.1 Å². The van der Waals surface area contributed by atoms with E-state index in [1.807, 2.05) is 19.1 Å². The summed E-state index contributed by atoms with van der Waals surface area (Å²) in [5.74, 6) is 3.39. The molecule has 34 heavy (non-hydrogen) atoms. The smallest absolute Gasteiger partial charge is 0.321 e. The number of nitrogens with one attached hydrogen (secondary N) is 1. The molecule has 1 aliphatic heterocycles. The van der Waals surface area contributed by atoms with Crippen LogP contribution >= 0.6 is 0 Å². The number of amides is 2. The van der Waals surface area contributed by atoms with E-state index in [1.54, 1.807) is 23.2 Å². The minimum Gasteiger partial charge on any atom is -0.493 e. The number of carbonyl (C=O) groups excluding carboxylic acids is 1. The van der Waals surface area contributed by atoms with E-state index in [9.17, 15) is 4.79 Å². The van der Waals surface area contributed by atoms with Crippen LogP contribution in [0, 0.1) is 0 Å². The number of piperazine rings is 1. The lowest BCUT2D eigenvalue weighted by atomic mass is 10.2. The summed E-state index contributed by atoms with van der Waals surface area (Å²) in [5.41, 5.74) is 1.36. The van der Waals surface area contributed by atoms with E-state index in [0.717, 1.165) is 11.4 Å². The van der Waals surface area contributed by atoms with E-state index in [0.29, 0.717) is 67.3 Å². The second-order valence-electron chi connectivity index (χ2n) is 7.59. The van der Waals surface area contributed by atoms with Gasteiger partial charge in [0.15, 0.2) is 11.5 Å². The van der Waals surface area contributed by atoms with Crippen LogP contribution in [0.3, 0.4) is 0 Å². The molecule has 1 saturated heterocycles. The lowest BCUT2D eigenvalue weighted by molar-refractivity contribution is 0.208. The first kappa shape index (κ1) is 23.1. The van der Waals surface area contributed by atoms with Gasteiger partial charge in [0.1, 0.15) is 5.82 Å². The van der Waals surface area contributed by atoms with Crippen LogP contribution in [0.2, 0.25) is 0 Å². The van der Waals surface area contributed by atoms with Crippen molar-refractivity contribution in [3.63, 3.8) is 0 Å². The Morgan fingerprint density at radius 3 is 2.29 bits per heavy atom. The van der Waals surface area contributed by atoms with Gasteiger partial charge in [-0.15, -0.1) is 0 Å². The number of benzene rings is 1. The topological polar surface area (TPSA) is 115 Å². The molecule has 0 atom stereocenters. The number of urea groups is 1. The number of hydrogen-bond acceptors (Lipinski definition) is 9.